The number of nitrogens with zero attached hydrogens (tertiary/aromatic N) is 6. The average Bonchev–Trinajstić information content (AvgIpc) is 3.46. The number of amides is 3. The van der Waals surface area contributed by atoms with Crippen LogP contribution in [0.3, 0.4) is 0 Å². The number of aromatic nitrogens is 3. The summed E-state index contributed by atoms with van der Waals surface area (Å²) in [7, 11) is -4.11. The second-order valence-corrected chi connectivity index (χ2v) is 15.3. The van der Waals surface area contributed by atoms with Crippen molar-refractivity contribution >= 4 is 39.4 Å². The molecule has 0 bridgehead atoms. The van der Waals surface area contributed by atoms with Crippen LogP contribution in [0.25, 0.3) is 5.69 Å². The van der Waals surface area contributed by atoms with Gasteiger partial charge in [0.15, 0.2) is 5.82 Å². The van der Waals surface area contributed by atoms with Crippen LogP contribution in [0.15, 0.2) is 48.7 Å². The summed E-state index contributed by atoms with van der Waals surface area (Å²) in [6.07, 6.45) is 7.74. The van der Waals surface area contributed by atoms with Gasteiger partial charge in [-0.2, -0.15) is 13.5 Å². The largest absolute Gasteiger partial charge is 0.353 e. The molecule has 3 heterocycles. The van der Waals surface area contributed by atoms with Crippen molar-refractivity contribution in [2.75, 3.05) is 47.7 Å². The van der Waals surface area contributed by atoms with E-state index < -0.39 is 21.6 Å². The van der Waals surface area contributed by atoms with Crippen LogP contribution in [0.4, 0.5) is 22.1 Å². The molecule has 248 valence electrons. The zero-order valence-electron chi connectivity index (χ0n) is 27.6. The zero-order chi connectivity index (χ0) is 33.3. The van der Waals surface area contributed by atoms with Crippen molar-refractivity contribution in [1.29, 1.82) is 0 Å². The fourth-order valence-electron chi connectivity index (χ4n) is 5.96. The maximum atomic E-state index is 13.6. The molecule has 2 fully saturated rings. The second-order valence-electron chi connectivity index (χ2n) is 13.7. The van der Waals surface area contributed by atoms with Gasteiger partial charge in [0, 0.05) is 43.1 Å². The first-order valence-corrected chi connectivity index (χ1v) is 17.6. The summed E-state index contributed by atoms with van der Waals surface area (Å²) in [6.45, 7) is 12.6. The fraction of sp³-hybridized carbons (Fsp3) is 0.515. The number of hydrogen-bond donors (Lipinski definition) is 1. The van der Waals surface area contributed by atoms with Crippen LogP contribution < -0.4 is 15.3 Å². The van der Waals surface area contributed by atoms with Crippen molar-refractivity contribution in [3.8, 4) is 5.69 Å². The summed E-state index contributed by atoms with van der Waals surface area (Å²) in [6, 6.07) is 11.8. The molecule has 1 N–H and O–H groups in total. The Labute approximate surface area is 271 Å². The third-order valence-corrected chi connectivity index (χ3v) is 9.12. The predicted molar refractivity (Wildman–Crippen MR) is 179 cm³/mol. The van der Waals surface area contributed by atoms with Gasteiger partial charge in [0.1, 0.15) is 5.82 Å². The highest BCUT2D eigenvalue weighted by Gasteiger charge is 2.38. The normalized spacial score (nSPS) is 17.1. The van der Waals surface area contributed by atoms with E-state index in [0.29, 0.717) is 48.3 Å². The lowest BCUT2D eigenvalue weighted by Gasteiger charge is -2.41. The minimum Gasteiger partial charge on any atom is -0.353 e. The van der Waals surface area contributed by atoms with Gasteiger partial charge in [0.2, 0.25) is 5.91 Å². The van der Waals surface area contributed by atoms with Gasteiger partial charge in [-0.25, -0.2) is 14.5 Å². The van der Waals surface area contributed by atoms with E-state index in [4.69, 9.17) is 9.38 Å². The fourth-order valence-corrected chi connectivity index (χ4v) is 6.37. The molecule has 3 amide bonds. The molecule has 46 heavy (non-hydrogen) atoms. The number of nitrogens with one attached hydrogen (secondary N) is 1. The van der Waals surface area contributed by atoms with E-state index in [0.717, 1.165) is 43.3 Å². The first kappa shape index (κ1) is 33.4. The maximum Gasteiger partial charge on any atom is 0.353 e. The summed E-state index contributed by atoms with van der Waals surface area (Å²) < 4.78 is 31.4. The SMILES string of the molecule is Cc1ccc(-n2nc(C(C)(C)C)cc2N(OS(C)(=O)=O)C(=O)Nc2ccc(N3CCN(C(=O)C4(C)CCCCC4)CC3)nc2)cc1. The summed E-state index contributed by atoms with van der Waals surface area (Å²) in [5.41, 5.74) is 2.01. The molecular formula is C33H45N7O5S. The third kappa shape index (κ3) is 7.69. The van der Waals surface area contributed by atoms with E-state index in [9.17, 15) is 18.0 Å². The minimum absolute atomic E-state index is 0.121. The molecule has 1 saturated carbocycles. The molecule has 1 aliphatic carbocycles. The lowest BCUT2D eigenvalue weighted by molar-refractivity contribution is -0.143. The molecule has 1 aromatic carbocycles. The van der Waals surface area contributed by atoms with Gasteiger partial charge in [0.25, 0.3) is 10.1 Å². The van der Waals surface area contributed by atoms with E-state index in [2.05, 4.69) is 22.1 Å². The maximum absolute atomic E-state index is 13.6. The molecule has 5 rings (SSSR count). The summed E-state index contributed by atoms with van der Waals surface area (Å²) >= 11 is 0. The summed E-state index contributed by atoms with van der Waals surface area (Å²) in [4.78, 5) is 35.6. The first-order valence-electron chi connectivity index (χ1n) is 15.8. The Hall–Kier alpha value is -3.97. The van der Waals surface area contributed by atoms with Crippen molar-refractivity contribution in [2.24, 2.45) is 5.41 Å². The lowest BCUT2D eigenvalue weighted by atomic mass is 9.74. The lowest BCUT2D eigenvalue weighted by Crippen LogP contribution is -2.53. The van der Waals surface area contributed by atoms with E-state index >= 15 is 0 Å². The van der Waals surface area contributed by atoms with Gasteiger partial charge >= 0.3 is 6.03 Å². The molecule has 0 unspecified atom stereocenters. The Kier molecular flexibility index (Phi) is 9.46. The monoisotopic (exact) mass is 651 g/mol. The number of aryl methyl sites for hydroxylation is 1. The Balaban J connectivity index is 1.31. The highest BCUT2D eigenvalue weighted by Crippen LogP contribution is 2.38. The van der Waals surface area contributed by atoms with Crippen LogP contribution in [-0.4, -0.2) is 72.5 Å². The highest BCUT2D eigenvalue weighted by atomic mass is 32.2. The number of benzene rings is 1. The highest BCUT2D eigenvalue weighted by molar-refractivity contribution is 7.86. The number of hydrogen-bond acceptors (Lipinski definition) is 8. The number of hydroxylamine groups is 1. The van der Waals surface area contributed by atoms with Crippen LogP contribution in [0.1, 0.15) is 71.1 Å². The smallest absolute Gasteiger partial charge is 0.353 e. The van der Waals surface area contributed by atoms with Crippen molar-refractivity contribution in [1.82, 2.24) is 19.7 Å². The second kappa shape index (κ2) is 13.0. The number of urea groups is 1. The summed E-state index contributed by atoms with van der Waals surface area (Å²) in [5, 5.41) is 8.13. The minimum atomic E-state index is -4.11. The molecule has 0 radical (unpaired) electrons. The van der Waals surface area contributed by atoms with Gasteiger partial charge in [-0.3, -0.25) is 4.79 Å². The van der Waals surface area contributed by atoms with Gasteiger partial charge in [-0.15, -0.1) is 9.35 Å². The Morgan fingerprint density at radius 3 is 2.20 bits per heavy atom. The number of carbonyl (C=O) groups excluding carboxylic acids is 2. The molecule has 1 saturated heterocycles. The van der Waals surface area contributed by atoms with Crippen LogP contribution >= 0.6 is 0 Å². The first-order chi connectivity index (χ1) is 21.6. The molecule has 2 aliphatic rings. The van der Waals surface area contributed by atoms with Crippen molar-refractivity contribution in [3.05, 3.63) is 59.9 Å². The number of pyridine rings is 1. The number of piperazine rings is 1. The van der Waals surface area contributed by atoms with Gasteiger partial charge < -0.3 is 15.1 Å². The van der Waals surface area contributed by atoms with Gasteiger partial charge in [-0.05, 0) is 44.0 Å². The standard InChI is InChI=1S/C33H45N7O5S/c1-24-10-13-26(14-11-24)39-29(22-27(36-39)32(2,3)4)40(45-46(6,43)44)31(42)35-25-12-15-28(34-23-25)37-18-20-38(21-19-37)30(41)33(5)16-8-7-9-17-33/h10-15,22-23H,7-9,16-21H2,1-6H3,(H,35,42). The molecule has 0 spiro atoms. The van der Waals surface area contributed by atoms with Crippen molar-refractivity contribution < 1.29 is 22.3 Å². The Bertz CT molecular complexity index is 1650. The van der Waals surface area contributed by atoms with Crippen molar-refractivity contribution in [2.45, 2.75) is 72.1 Å². The average molecular weight is 652 g/mol. The number of carbonyl (C=O) groups is 2. The van der Waals surface area contributed by atoms with E-state index in [1.54, 1.807) is 18.2 Å². The molecule has 12 nitrogen and oxygen atoms in total. The van der Waals surface area contributed by atoms with Crippen LogP contribution in [0, 0.1) is 12.3 Å². The number of anilines is 3. The topological polar surface area (TPSA) is 130 Å². The van der Waals surface area contributed by atoms with Gasteiger partial charge in [0.05, 0.1) is 29.5 Å². The summed E-state index contributed by atoms with van der Waals surface area (Å²) in [5.74, 6) is 1.11. The zero-order valence-corrected chi connectivity index (χ0v) is 28.4. The molecular weight excluding hydrogens is 606 g/mol. The third-order valence-electron chi connectivity index (χ3n) is 8.70. The van der Waals surface area contributed by atoms with E-state index in [1.807, 2.05) is 56.9 Å². The van der Waals surface area contributed by atoms with Crippen LogP contribution in [0.5, 0.6) is 0 Å². The van der Waals surface area contributed by atoms with Gasteiger partial charge in [-0.1, -0.05) is 64.7 Å². The molecule has 1 aliphatic heterocycles. The predicted octanol–water partition coefficient (Wildman–Crippen LogP) is 5.42. The quantitative estimate of drug-likeness (QED) is 0.335. The molecule has 3 aromatic rings. The van der Waals surface area contributed by atoms with Crippen LogP contribution in [-0.2, 0) is 24.6 Å². The van der Waals surface area contributed by atoms with E-state index in [-0.39, 0.29) is 17.1 Å². The number of rotatable bonds is 7. The van der Waals surface area contributed by atoms with Crippen LogP contribution in [0.2, 0.25) is 0 Å². The van der Waals surface area contributed by atoms with E-state index in [1.165, 1.54) is 17.3 Å². The molecule has 13 heteroatoms. The van der Waals surface area contributed by atoms with Crippen molar-refractivity contribution in [3.63, 3.8) is 0 Å². The molecule has 2 aromatic heterocycles. The Morgan fingerprint density at radius 1 is 0.978 bits per heavy atom. The Morgan fingerprint density at radius 2 is 1.63 bits per heavy atom. The molecule has 0 atom stereocenters.